The first-order chi connectivity index (χ1) is 6.42. The Morgan fingerprint density at radius 2 is 2.15 bits per heavy atom. The van der Waals surface area contributed by atoms with Crippen molar-refractivity contribution in [3.63, 3.8) is 0 Å². The van der Waals surface area contributed by atoms with Gasteiger partial charge in [0.1, 0.15) is 0 Å². The van der Waals surface area contributed by atoms with Gasteiger partial charge in [-0.25, -0.2) is 0 Å². The second-order valence-corrected chi connectivity index (χ2v) is 4.36. The lowest BCUT2D eigenvalue weighted by atomic mass is 9.75. The molecule has 0 amide bonds. The number of rotatable bonds is 3. The molecule has 13 heavy (non-hydrogen) atoms. The van der Waals surface area contributed by atoms with Gasteiger partial charge in [0.2, 0.25) is 0 Å². The van der Waals surface area contributed by atoms with Gasteiger partial charge in [-0.05, 0) is 44.4 Å². The minimum Gasteiger partial charge on any atom is -0.271 e. The molecule has 0 aromatic rings. The summed E-state index contributed by atoms with van der Waals surface area (Å²) in [5.41, 5.74) is 4.59. The Morgan fingerprint density at radius 3 is 2.62 bits per heavy atom. The summed E-state index contributed by atoms with van der Waals surface area (Å²) in [5, 5.41) is 0. The maximum Gasteiger partial charge on any atom is 0.0447 e. The Balaban J connectivity index is 1.97. The van der Waals surface area contributed by atoms with Crippen LogP contribution in [0.25, 0.3) is 0 Å². The highest BCUT2D eigenvalue weighted by Crippen LogP contribution is 2.34. The van der Waals surface area contributed by atoms with Crippen LogP contribution in [0, 0.1) is 5.92 Å². The average molecular weight is 180 g/mol. The Hall–Kier alpha value is -0.340. The molecule has 74 valence electrons. The Morgan fingerprint density at radius 1 is 1.31 bits per heavy atom. The van der Waals surface area contributed by atoms with Crippen LogP contribution in [-0.2, 0) is 0 Å². The second kappa shape index (κ2) is 4.25. The fourth-order valence-corrected chi connectivity index (χ4v) is 2.46. The fraction of sp³-hybridized carbons (Fsp3) is 0.818. The van der Waals surface area contributed by atoms with Crippen molar-refractivity contribution in [2.24, 2.45) is 11.8 Å². The lowest BCUT2D eigenvalue weighted by Gasteiger charge is -2.35. The molecule has 0 aliphatic heterocycles. The minimum absolute atomic E-state index is 0.494. The van der Waals surface area contributed by atoms with Crippen LogP contribution in [-0.4, -0.2) is 6.04 Å². The Bertz CT molecular complexity index is 194. The molecule has 0 bridgehead atoms. The Labute approximate surface area is 80.5 Å². The van der Waals surface area contributed by atoms with Crippen LogP contribution in [0.15, 0.2) is 11.6 Å². The van der Waals surface area contributed by atoms with Crippen molar-refractivity contribution in [2.45, 2.75) is 51.0 Å². The SMILES string of the molecule is NNC(C1=CCCCC1)C1CCC1. The molecule has 0 radical (unpaired) electrons. The van der Waals surface area contributed by atoms with Gasteiger partial charge in [0.15, 0.2) is 0 Å². The van der Waals surface area contributed by atoms with Crippen molar-refractivity contribution in [3.8, 4) is 0 Å². The highest BCUT2D eigenvalue weighted by atomic mass is 15.2. The van der Waals surface area contributed by atoms with E-state index in [-0.39, 0.29) is 0 Å². The summed E-state index contributed by atoms with van der Waals surface area (Å²) in [6.07, 6.45) is 11.8. The van der Waals surface area contributed by atoms with E-state index in [0.717, 1.165) is 5.92 Å². The third-order valence-electron chi connectivity index (χ3n) is 3.53. The second-order valence-electron chi connectivity index (χ2n) is 4.36. The van der Waals surface area contributed by atoms with Gasteiger partial charge in [-0.1, -0.05) is 18.1 Å². The molecule has 0 saturated heterocycles. The molecule has 2 heteroatoms. The first-order valence-corrected chi connectivity index (χ1v) is 5.57. The van der Waals surface area contributed by atoms with E-state index in [1.165, 1.54) is 44.9 Å². The van der Waals surface area contributed by atoms with Crippen molar-refractivity contribution in [1.29, 1.82) is 0 Å². The van der Waals surface area contributed by atoms with Crippen LogP contribution in [0.1, 0.15) is 44.9 Å². The summed E-state index contributed by atoms with van der Waals surface area (Å²) < 4.78 is 0. The van der Waals surface area contributed by atoms with Gasteiger partial charge in [-0.2, -0.15) is 0 Å². The topological polar surface area (TPSA) is 38.0 Å². The van der Waals surface area contributed by atoms with Gasteiger partial charge in [0, 0.05) is 6.04 Å². The summed E-state index contributed by atoms with van der Waals surface area (Å²) in [6, 6.07) is 0.494. The van der Waals surface area contributed by atoms with E-state index in [4.69, 9.17) is 5.84 Å². The molecule has 2 aliphatic carbocycles. The van der Waals surface area contributed by atoms with E-state index in [2.05, 4.69) is 11.5 Å². The summed E-state index contributed by atoms with van der Waals surface area (Å²) in [5.74, 6) is 6.45. The van der Waals surface area contributed by atoms with Gasteiger partial charge in [-0.3, -0.25) is 11.3 Å². The summed E-state index contributed by atoms with van der Waals surface area (Å²) in [4.78, 5) is 0. The zero-order valence-corrected chi connectivity index (χ0v) is 8.26. The van der Waals surface area contributed by atoms with Crippen molar-refractivity contribution < 1.29 is 0 Å². The molecule has 1 atom stereocenters. The molecule has 3 N–H and O–H groups in total. The predicted molar refractivity (Wildman–Crippen MR) is 55.0 cm³/mol. The van der Waals surface area contributed by atoms with Crippen LogP contribution in [0.3, 0.4) is 0 Å². The summed E-state index contributed by atoms with van der Waals surface area (Å²) in [7, 11) is 0. The van der Waals surface area contributed by atoms with Gasteiger partial charge in [0.05, 0.1) is 0 Å². The quantitative estimate of drug-likeness (QED) is 0.396. The number of nitrogens with one attached hydrogen (secondary N) is 1. The van der Waals surface area contributed by atoms with Gasteiger partial charge in [0.25, 0.3) is 0 Å². The fourth-order valence-electron chi connectivity index (χ4n) is 2.46. The highest BCUT2D eigenvalue weighted by Gasteiger charge is 2.29. The van der Waals surface area contributed by atoms with E-state index in [9.17, 15) is 0 Å². The van der Waals surface area contributed by atoms with Crippen molar-refractivity contribution in [3.05, 3.63) is 11.6 Å². The number of nitrogens with two attached hydrogens (primary N) is 1. The zero-order valence-electron chi connectivity index (χ0n) is 8.26. The van der Waals surface area contributed by atoms with Crippen molar-refractivity contribution in [2.75, 3.05) is 0 Å². The van der Waals surface area contributed by atoms with Crippen molar-refractivity contribution >= 4 is 0 Å². The first-order valence-electron chi connectivity index (χ1n) is 5.57. The average Bonchev–Trinajstić information content (AvgIpc) is 2.12. The Kier molecular flexibility index (Phi) is 3.01. The molecular weight excluding hydrogens is 160 g/mol. The van der Waals surface area contributed by atoms with Crippen LogP contribution >= 0.6 is 0 Å². The molecule has 1 saturated carbocycles. The number of hydrogen-bond donors (Lipinski definition) is 2. The highest BCUT2D eigenvalue weighted by molar-refractivity contribution is 5.15. The third kappa shape index (κ3) is 1.94. The van der Waals surface area contributed by atoms with Crippen LogP contribution in [0.2, 0.25) is 0 Å². The molecule has 1 fully saturated rings. The lowest BCUT2D eigenvalue weighted by Crippen LogP contribution is -2.45. The van der Waals surface area contributed by atoms with E-state index < -0.39 is 0 Å². The molecule has 2 rings (SSSR count). The predicted octanol–water partition coefficient (Wildman–Crippen LogP) is 2.12. The maximum atomic E-state index is 5.62. The standard InChI is InChI=1S/C11H20N2/c12-13-11(10-7-4-8-10)9-5-2-1-3-6-9/h5,10-11,13H,1-4,6-8,12H2. The monoisotopic (exact) mass is 180 g/mol. The molecule has 2 aliphatic rings. The number of hydrazine groups is 1. The van der Waals surface area contributed by atoms with E-state index in [0.29, 0.717) is 6.04 Å². The smallest absolute Gasteiger partial charge is 0.0447 e. The lowest BCUT2D eigenvalue weighted by molar-refractivity contribution is 0.248. The molecule has 0 aromatic carbocycles. The minimum atomic E-state index is 0.494. The van der Waals surface area contributed by atoms with E-state index in [1.807, 2.05) is 0 Å². The van der Waals surface area contributed by atoms with Gasteiger partial charge >= 0.3 is 0 Å². The molecule has 1 unspecified atom stereocenters. The number of allylic oxidation sites excluding steroid dienone is 1. The number of hydrogen-bond acceptors (Lipinski definition) is 2. The molecular formula is C11H20N2. The van der Waals surface area contributed by atoms with Crippen molar-refractivity contribution in [1.82, 2.24) is 5.43 Å². The van der Waals surface area contributed by atoms with E-state index >= 15 is 0 Å². The molecule has 0 heterocycles. The molecule has 0 aromatic heterocycles. The summed E-state index contributed by atoms with van der Waals surface area (Å²) in [6.45, 7) is 0. The molecule has 2 nitrogen and oxygen atoms in total. The third-order valence-corrected chi connectivity index (χ3v) is 3.53. The first kappa shape index (κ1) is 9.22. The summed E-state index contributed by atoms with van der Waals surface area (Å²) >= 11 is 0. The van der Waals surface area contributed by atoms with Gasteiger partial charge < -0.3 is 0 Å². The molecule has 0 spiro atoms. The van der Waals surface area contributed by atoms with E-state index in [1.54, 1.807) is 5.57 Å². The maximum absolute atomic E-state index is 5.62. The largest absolute Gasteiger partial charge is 0.271 e. The zero-order chi connectivity index (χ0) is 9.10. The van der Waals surface area contributed by atoms with Gasteiger partial charge in [-0.15, -0.1) is 0 Å². The van der Waals surface area contributed by atoms with Crippen LogP contribution < -0.4 is 11.3 Å². The van der Waals surface area contributed by atoms with Crippen LogP contribution in [0.4, 0.5) is 0 Å². The normalized spacial score (nSPS) is 26.4. The van der Waals surface area contributed by atoms with Crippen LogP contribution in [0.5, 0.6) is 0 Å².